The van der Waals surface area contributed by atoms with Crippen LogP contribution in [0.2, 0.25) is 5.02 Å². The van der Waals surface area contributed by atoms with Gasteiger partial charge in [-0.3, -0.25) is 4.79 Å². The zero-order chi connectivity index (χ0) is 19.0. The summed E-state index contributed by atoms with van der Waals surface area (Å²) >= 11 is 5.53. The number of carbonyl (C=O) groups excluding carboxylic acids is 1. The Kier molecular flexibility index (Phi) is 5.15. The molecule has 2 aromatic carbocycles. The lowest BCUT2D eigenvalue weighted by atomic mass is 10.1. The Bertz CT molecular complexity index is 940. The highest BCUT2D eigenvalue weighted by Gasteiger charge is 2.33. The number of hydrogen-bond donors (Lipinski definition) is 1. The fraction of sp³-hybridized carbons (Fsp3) is 0.188. The Morgan fingerprint density at radius 1 is 1.12 bits per heavy atom. The Morgan fingerprint density at radius 2 is 1.76 bits per heavy atom. The van der Waals surface area contributed by atoms with Gasteiger partial charge in [-0.15, -0.1) is 0 Å². The van der Waals surface area contributed by atoms with Crippen LogP contribution in [0.25, 0.3) is 0 Å². The van der Waals surface area contributed by atoms with Crippen molar-refractivity contribution in [3.63, 3.8) is 0 Å². The van der Waals surface area contributed by atoms with E-state index in [1.54, 1.807) is 6.92 Å². The lowest BCUT2D eigenvalue weighted by Crippen LogP contribution is -2.15. The maximum atomic E-state index is 12.9. The number of sulfone groups is 1. The van der Waals surface area contributed by atoms with E-state index in [1.807, 2.05) is 0 Å². The summed E-state index contributed by atoms with van der Waals surface area (Å²) in [5.41, 5.74) is -0.652. The first kappa shape index (κ1) is 19.3. The Labute approximate surface area is 147 Å². The second kappa shape index (κ2) is 6.68. The fourth-order valence-corrected chi connectivity index (χ4v) is 2.97. The number of halogens is 4. The zero-order valence-corrected chi connectivity index (χ0v) is 14.7. The van der Waals surface area contributed by atoms with Gasteiger partial charge >= 0.3 is 6.18 Å². The quantitative estimate of drug-likeness (QED) is 0.847. The van der Waals surface area contributed by atoms with Gasteiger partial charge in [-0.25, -0.2) is 8.42 Å². The van der Waals surface area contributed by atoms with Crippen LogP contribution in [0, 0.1) is 6.92 Å². The van der Waals surface area contributed by atoms with Crippen molar-refractivity contribution in [1.29, 1.82) is 0 Å². The van der Waals surface area contributed by atoms with Gasteiger partial charge in [0.05, 0.1) is 15.5 Å². The van der Waals surface area contributed by atoms with E-state index in [0.29, 0.717) is 5.56 Å². The van der Waals surface area contributed by atoms with E-state index in [0.717, 1.165) is 18.4 Å². The Morgan fingerprint density at radius 3 is 2.32 bits per heavy atom. The molecular weight excluding hydrogens is 379 g/mol. The molecule has 0 saturated carbocycles. The maximum absolute atomic E-state index is 12.9. The molecule has 0 aliphatic heterocycles. The summed E-state index contributed by atoms with van der Waals surface area (Å²) in [6, 6.07) is 6.96. The number of rotatable bonds is 3. The smallest absolute Gasteiger partial charge is 0.322 e. The van der Waals surface area contributed by atoms with E-state index < -0.39 is 32.5 Å². The molecule has 4 nitrogen and oxygen atoms in total. The van der Waals surface area contributed by atoms with Gasteiger partial charge in [-0.05, 0) is 42.8 Å². The second-order valence-electron chi connectivity index (χ2n) is 5.40. The Hall–Kier alpha value is -2.06. The van der Waals surface area contributed by atoms with E-state index in [2.05, 4.69) is 5.32 Å². The molecular formula is C16H13ClF3NO3S. The summed E-state index contributed by atoms with van der Waals surface area (Å²) in [6.07, 6.45) is -3.67. The van der Waals surface area contributed by atoms with Crippen LogP contribution in [0.1, 0.15) is 21.5 Å². The minimum Gasteiger partial charge on any atom is -0.322 e. The van der Waals surface area contributed by atoms with E-state index in [-0.39, 0.29) is 16.1 Å². The summed E-state index contributed by atoms with van der Waals surface area (Å²) in [7, 11) is -3.53. The van der Waals surface area contributed by atoms with Crippen LogP contribution in [0.4, 0.5) is 18.9 Å². The molecule has 134 valence electrons. The van der Waals surface area contributed by atoms with Crippen LogP contribution in [0.5, 0.6) is 0 Å². The predicted octanol–water partition coefficient (Wildman–Crippen LogP) is 4.32. The summed E-state index contributed by atoms with van der Waals surface area (Å²) < 4.78 is 61.8. The normalized spacial score (nSPS) is 12.1. The highest BCUT2D eigenvalue weighted by Crippen LogP contribution is 2.36. The van der Waals surface area contributed by atoms with Gasteiger partial charge in [0.25, 0.3) is 5.91 Å². The molecule has 0 aliphatic carbocycles. The summed E-state index contributed by atoms with van der Waals surface area (Å²) in [6.45, 7) is 1.59. The van der Waals surface area contributed by atoms with Crippen molar-refractivity contribution in [3.8, 4) is 0 Å². The van der Waals surface area contributed by atoms with E-state index >= 15 is 0 Å². The van der Waals surface area contributed by atoms with Gasteiger partial charge in [-0.2, -0.15) is 13.2 Å². The topological polar surface area (TPSA) is 63.2 Å². The first-order chi connectivity index (χ1) is 11.4. The molecule has 0 spiro atoms. The summed E-state index contributed by atoms with van der Waals surface area (Å²) in [4.78, 5) is 12.3. The van der Waals surface area contributed by atoms with Gasteiger partial charge < -0.3 is 5.32 Å². The van der Waals surface area contributed by atoms with E-state index in [9.17, 15) is 26.4 Å². The Balaban J connectivity index is 2.38. The van der Waals surface area contributed by atoms with E-state index in [4.69, 9.17) is 11.6 Å². The number of hydrogen-bond acceptors (Lipinski definition) is 3. The molecule has 2 rings (SSSR count). The molecule has 0 aliphatic rings. The first-order valence-electron chi connectivity index (χ1n) is 6.88. The number of benzene rings is 2. The molecule has 0 atom stereocenters. The molecule has 0 aromatic heterocycles. The van der Waals surface area contributed by atoms with Crippen molar-refractivity contribution in [1.82, 2.24) is 0 Å². The van der Waals surface area contributed by atoms with Crippen molar-refractivity contribution in [3.05, 3.63) is 58.1 Å². The minimum atomic E-state index is -4.66. The number of carbonyl (C=O) groups is 1. The molecule has 0 radical (unpaired) electrons. The predicted molar refractivity (Wildman–Crippen MR) is 88.7 cm³/mol. The summed E-state index contributed by atoms with van der Waals surface area (Å²) in [5, 5.41) is 1.84. The highest BCUT2D eigenvalue weighted by molar-refractivity contribution is 7.90. The van der Waals surface area contributed by atoms with Crippen molar-refractivity contribution >= 4 is 33.0 Å². The van der Waals surface area contributed by atoms with Gasteiger partial charge in [0.2, 0.25) is 0 Å². The third-order valence-corrected chi connectivity index (χ3v) is 4.85. The first-order valence-corrected chi connectivity index (χ1v) is 9.15. The van der Waals surface area contributed by atoms with Crippen molar-refractivity contribution in [2.45, 2.75) is 18.0 Å². The van der Waals surface area contributed by atoms with Gasteiger partial charge in [-0.1, -0.05) is 17.7 Å². The number of amides is 1. The second-order valence-corrected chi connectivity index (χ2v) is 7.82. The SMILES string of the molecule is Cc1ccc(S(C)(=O)=O)cc1C(=O)Nc1ccc(Cl)c(C(F)(F)F)c1. The largest absolute Gasteiger partial charge is 0.417 e. The zero-order valence-electron chi connectivity index (χ0n) is 13.1. The molecule has 1 N–H and O–H groups in total. The third kappa shape index (κ3) is 4.52. The van der Waals surface area contributed by atoms with Crippen molar-refractivity contribution < 1.29 is 26.4 Å². The van der Waals surface area contributed by atoms with Gasteiger partial charge in [0.15, 0.2) is 9.84 Å². The molecule has 9 heteroatoms. The summed E-state index contributed by atoms with van der Waals surface area (Å²) in [5.74, 6) is -0.724. The molecule has 25 heavy (non-hydrogen) atoms. The molecule has 0 fully saturated rings. The average molecular weight is 392 g/mol. The minimum absolute atomic E-state index is 0.0476. The molecule has 2 aromatic rings. The van der Waals surface area contributed by atoms with Crippen LogP contribution >= 0.6 is 11.6 Å². The van der Waals surface area contributed by atoms with Crippen molar-refractivity contribution in [2.24, 2.45) is 0 Å². The van der Waals surface area contributed by atoms with E-state index in [1.165, 1.54) is 24.3 Å². The lowest BCUT2D eigenvalue weighted by molar-refractivity contribution is -0.137. The van der Waals surface area contributed by atoms with Crippen LogP contribution in [-0.2, 0) is 16.0 Å². The standard InChI is InChI=1S/C16H13ClF3NO3S/c1-9-3-5-11(25(2,23)24)8-12(9)15(22)21-10-4-6-14(17)13(7-10)16(18,19)20/h3-8H,1-2H3,(H,21,22). The lowest BCUT2D eigenvalue weighted by Gasteiger charge is -2.13. The third-order valence-electron chi connectivity index (χ3n) is 3.41. The number of aryl methyl sites for hydroxylation is 1. The van der Waals surface area contributed by atoms with Crippen LogP contribution in [0.3, 0.4) is 0 Å². The number of alkyl halides is 3. The molecule has 1 amide bonds. The van der Waals surface area contributed by atoms with Gasteiger partial charge in [0.1, 0.15) is 0 Å². The maximum Gasteiger partial charge on any atom is 0.417 e. The average Bonchev–Trinajstić information content (AvgIpc) is 2.47. The van der Waals surface area contributed by atoms with Crippen molar-refractivity contribution in [2.75, 3.05) is 11.6 Å². The fourth-order valence-electron chi connectivity index (χ4n) is 2.10. The molecule has 0 unspecified atom stereocenters. The number of anilines is 1. The monoisotopic (exact) mass is 391 g/mol. The van der Waals surface area contributed by atoms with Crippen LogP contribution < -0.4 is 5.32 Å². The van der Waals surface area contributed by atoms with Gasteiger partial charge in [0, 0.05) is 17.5 Å². The molecule has 0 bridgehead atoms. The molecule has 0 heterocycles. The van der Waals surface area contributed by atoms with Crippen LogP contribution in [-0.4, -0.2) is 20.6 Å². The van der Waals surface area contributed by atoms with Crippen LogP contribution in [0.15, 0.2) is 41.3 Å². The highest BCUT2D eigenvalue weighted by atomic mass is 35.5. The molecule has 0 saturated heterocycles. The number of nitrogens with one attached hydrogen (secondary N) is 1.